The summed E-state index contributed by atoms with van der Waals surface area (Å²) in [4.78, 5) is 32.2. The average Bonchev–Trinajstić information content (AvgIpc) is 3.35. The molecule has 28 heavy (non-hydrogen) atoms. The molecule has 4 rings (SSSR count). The summed E-state index contributed by atoms with van der Waals surface area (Å²) in [6.45, 7) is 1.97. The van der Waals surface area contributed by atoms with Crippen LogP contribution in [0.15, 0.2) is 71.3 Å². The molecule has 3 amide bonds. The summed E-state index contributed by atoms with van der Waals surface area (Å²) in [6.07, 6.45) is 1.35. The number of amides is 3. The number of hydrogen-bond donors (Lipinski definition) is 1. The van der Waals surface area contributed by atoms with Gasteiger partial charge in [-0.2, -0.15) is 0 Å². The quantitative estimate of drug-likeness (QED) is 0.717. The maximum Gasteiger partial charge on any atom is 0.328 e. The Morgan fingerprint density at radius 3 is 2.39 bits per heavy atom. The summed E-state index contributed by atoms with van der Waals surface area (Å²) >= 11 is 0. The van der Waals surface area contributed by atoms with Gasteiger partial charge in [0.15, 0.2) is 0 Å². The highest BCUT2D eigenvalue weighted by atomic mass is 16.4. The minimum absolute atomic E-state index is 0.0836. The number of urea groups is 1. The van der Waals surface area contributed by atoms with Crippen LogP contribution in [0.5, 0.6) is 0 Å². The minimum atomic E-state index is -0.365. The number of anilines is 1. The first-order chi connectivity index (χ1) is 13.7. The van der Waals surface area contributed by atoms with E-state index in [4.69, 9.17) is 4.42 Å². The predicted molar refractivity (Wildman–Crippen MR) is 104 cm³/mol. The van der Waals surface area contributed by atoms with Crippen LogP contribution in [0.25, 0.3) is 0 Å². The number of aromatic nitrogens is 1. The molecular formula is C21H20N4O3. The Kier molecular flexibility index (Phi) is 5.05. The van der Waals surface area contributed by atoms with Gasteiger partial charge in [0.05, 0.1) is 6.20 Å². The van der Waals surface area contributed by atoms with Crippen molar-refractivity contribution >= 4 is 18.0 Å². The van der Waals surface area contributed by atoms with Crippen LogP contribution in [0.3, 0.4) is 0 Å². The Hall–Kier alpha value is -3.61. The van der Waals surface area contributed by atoms with E-state index in [9.17, 15) is 9.59 Å². The lowest BCUT2D eigenvalue weighted by atomic mass is 10.2. The zero-order valence-corrected chi connectivity index (χ0v) is 15.2. The predicted octanol–water partition coefficient (Wildman–Crippen LogP) is 3.05. The standard InChI is InChI=1S/C21H20N4O3/c26-19(22-13-16-7-3-1-4-8-16)18-14-23-20(28-18)25-12-11-24(21(25)27)15-17-9-5-2-6-10-17/h1-10,14H,11-13,15H2,(H,22,26). The Bertz CT molecular complexity index is 956. The Labute approximate surface area is 162 Å². The molecule has 0 unspecified atom stereocenters. The van der Waals surface area contributed by atoms with Crippen molar-refractivity contribution in [2.45, 2.75) is 13.1 Å². The van der Waals surface area contributed by atoms with Gasteiger partial charge >= 0.3 is 12.0 Å². The fourth-order valence-electron chi connectivity index (χ4n) is 3.07. The van der Waals surface area contributed by atoms with Crippen LogP contribution in [0.4, 0.5) is 10.8 Å². The van der Waals surface area contributed by atoms with E-state index >= 15 is 0 Å². The van der Waals surface area contributed by atoms with Gasteiger partial charge in [0.2, 0.25) is 5.76 Å². The molecule has 1 saturated heterocycles. The fourth-order valence-corrected chi connectivity index (χ4v) is 3.07. The smallest absolute Gasteiger partial charge is 0.328 e. The monoisotopic (exact) mass is 376 g/mol. The maximum absolute atomic E-state index is 12.7. The van der Waals surface area contributed by atoms with Crippen LogP contribution in [0.1, 0.15) is 21.7 Å². The second kappa shape index (κ2) is 7.96. The molecule has 1 aromatic heterocycles. The van der Waals surface area contributed by atoms with Crippen molar-refractivity contribution in [2.24, 2.45) is 0 Å². The first-order valence-corrected chi connectivity index (χ1v) is 9.09. The maximum atomic E-state index is 12.7. The summed E-state index contributed by atoms with van der Waals surface area (Å²) in [5.41, 5.74) is 2.05. The molecule has 2 heterocycles. The van der Waals surface area contributed by atoms with E-state index < -0.39 is 0 Å². The van der Waals surface area contributed by atoms with E-state index in [1.165, 1.54) is 11.1 Å². The van der Waals surface area contributed by atoms with E-state index in [1.54, 1.807) is 4.90 Å². The number of nitrogens with zero attached hydrogens (tertiary/aromatic N) is 3. The van der Waals surface area contributed by atoms with Gasteiger partial charge in [-0.05, 0) is 11.1 Å². The molecule has 0 saturated carbocycles. The van der Waals surface area contributed by atoms with Gasteiger partial charge in [-0.1, -0.05) is 60.7 Å². The number of benzene rings is 2. The van der Waals surface area contributed by atoms with Crippen LogP contribution in [0, 0.1) is 0 Å². The van der Waals surface area contributed by atoms with Crippen LogP contribution in [0.2, 0.25) is 0 Å². The zero-order chi connectivity index (χ0) is 19.3. The van der Waals surface area contributed by atoms with Crippen molar-refractivity contribution in [1.29, 1.82) is 0 Å². The lowest BCUT2D eigenvalue weighted by Gasteiger charge is -2.16. The number of nitrogens with one attached hydrogen (secondary N) is 1. The first-order valence-electron chi connectivity index (χ1n) is 9.09. The van der Waals surface area contributed by atoms with Crippen molar-refractivity contribution in [2.75, 3.05) is 18.0 Å². The molecule has 0 atom stereocenters. The van der Waals surface area contributed by atoms with E-state index in [0.717, 1.165) is 11.1 Å². The summed E-state index contributed by atoms with van der Waals surface area (Å²) in [5, 5.41) is 2.79. The molecule has 7 heteroatoms. The van der Waals surface area contributed by atoms with Crippen molar-refractivity contribution in [1.82, 2.24) is 15.2 Å². The lowest BCUT2D eigenvalue weighted by molar-refractivity contribution is 0.0923. The van der Waals surface area contributed by atoms with E-state index in [-0.39, 0.29) is 23.7 Å². The molecule has 0 spiro atoms. The summed E-state index contributed by atoms with van der Waals surface area (Å²) in [6, 6.07) is 19.4. The van der Waals surface area contributed by atoms with Gasteiger partial charge in [0.25, 0.3) is 5.91 Å². The van der Waals surface area contributed by atoms with Gasteiger partial charge in [0, 0.05) is 26.2 Å². The summed E-state index contributed by atoms with van der Waals surface area (Å²) in [5.74, 6) is -0.282. The number of oxazole rings is 1. The molecule has 0 radical (unpaired) electrons. The second-order valence-corrected chi connectivity index (χ2v) is 6.52. The van der Waals surface area contributed by atoms with Crippen molar-refractivity contribution in [3.05, 3.63) is 83.7 Å². The molecule has 2 aromatic carbocycles. The number of carbonyl (C=O) groups excluding carboxylic acids is 2. The molecule has 1 N–H and O–H groups in total. The lowest BCUT2D eigenvalue weighted by Crippen LogP contribution is -2.31. The molecule has 3 aromatic rings. The molecule has 0 aliphatic carbocycles. The first kappa shape index (κ1) is 17.8. The van der Waals surface area contributed by atoms with Crippen LogP contribution in [-0.4, -0.2) is 34.9 Å². The third-order valence-electron chi connectivity index (χ3n) is 4.56. The molecule has 1 aliphatic heterocycles. The SMILES string of the molecule is O=C(NCc1ccccc1)c1cnc(N2CCN(Cc3ccccc3)C2=O)o1. The topological polar surface area (TPSA) is 78.7 Å². The van der Waals surface area contributed by atoms with Crippen LogP contribution >= 0.6 is 0 Å². The van der Waals surface area contributed by atoms with E-state index in [0.29, 0.717) is 26.2 Å². The second-order valence-electron chi connectivity index (χ2n) is 6.52. The van der Waals surface area contributed by atoms with E-state index in [2.05, 4.69) is 10.3 Å². The van der Waals surface area contributed by atoms with Crippen molar-refractivity contribution in [3.63, 3.8) is 0 Å². The third kappa shape index (κ3) is 3.88. The number of rotatable bonds is 6. The largest absolute Gasteiger partial charge is 0.418 e. The molecule has 1 aliphatic rings. The average molecular weight is 376 g/mol. The molecular weight excluding hydrogens is 356 g/mol. The van der Waals surface area contributed by atoms with Crippen molar-refractivity contribution in [3.8, 4) is 0 Å². The summed E-state index contributed by atoms with van der Waals surface area (Å²) in [7, 11) is 0. The molecule has 1 fully saturated rings. The number of hydrogen-bond acceptors (Lipinski definition) is 4. The zero-order valence-electron chi connectivity index (χ0n) is 15.2. The highest BCUT2D eigenvalue weighted by Gasteiger charge is 2.33. The summed E-state index contributed by atoms with van der Waals surface area (Å²) < 4.78 is 5.54. The molecule has 0 bridgehead atoms. The van der Waals surface area contributed by atoms with E-state index in [1.807, 2.05) is 60.7 Å². The highest BCUT2D eigenvalue weighted by molar-refractivity contribution is 5.94. The van der Waals surface area contributed by atoms with Gasteiger partial charge in [-0.3, -0.25) is 4.79 Å². The van der Waals surface area contributed by atoms with Gasteiger partial charge in [0.1, 0.15) is 0 Å². The normalized spacial score (nSPS) is 13.8. The Balaban J connectivity index is 1.37. The van der Waals surface area contributed by atoms with Crippen LogP contribution < -0.4 is 10.2 Å². The Morgan fingerprint density at radius 2 is 1.68 bits per heavy atom. The Morgan fingerprint density at radius 1 is 1.00 bits per heavy atom. The highest BCUT2D eigenvalue weighted by Crippen LogP contribution is 2.21. The van der Waals surface area contributed by atoms with Crippen molar-refractivity contribution < 1.29 is 14.0 Å². The van der Waals surface area contributed by atoms with Gasteiger partial charge in [-0.15, -0.1) is 0 Å². The van der Waals surface area contributed by atoms with Crippen LogP contribution in [-0.2, 0) is 13.1 Å². The third-order valence-corrected chi connectivity index (χ3v) is 4.56. The number of carbonyl (C=O) groups is 2. The minimum Gasteiger partial charge on any atom is -0.418 e. The molecule has 7 nitrogen and oxygen atoms in total. The fraction of sp³-hybridized carbons (Fsp3) is 0.190. The van der Waals surface area contributed by atoms with Gasteiger partial charge < -0.3 is 14.6 Å². The molecule has 142 valence electrons. The van der Waals surface area contributed by atoms with Gasteiger partial charge in [-0.25, -0.2) is 14.7 Å².